The van der Waals surface area contributed by atoms with Crippen LogP contribution in [-0.4, -0.2) is 24.4 Å². The predicted octanol–water partition coefficient (Wildman–Crippen LogP) is 6.39. The highest BCUT2D eigenvalue weighted by Crippen LogP contribution is 2.28. The summed E-state index contributed by atoms with van der Waals surface area (Å²) in [5.41, 5.74) is 6.80. The molecule has 3 aromatic heterocycles. The number of benzene rings is 2. The van der Waals surface area contributed by atoms with Crippen molar-refractivity contribution in [3.8, 4) is 28.3 Å². The van der Waals surface area contributed by atoms with E-state index in [2.05, 4.69) is 68.3 Å². The highest BCUT2D eigenvalue weighted by molar-refractivity contribution is 9.10. The van der Waals surface area contributed by atoms with E-state index in [0.717, 1.165) is 54.3 Å². The number of aromatic nitrogens is 5. The van der Waals surface area contributed by atoms with Gasteiger partial charge in [-0.2, -0.15) is 5.10 Å². The first-order valence-corrected chi connectivity index (χ1v) is 11.0. The Hall–Kier alpha value is -2.77. The summed E-state index contributed by atoms with van der Waals surface area (Å²) in [4.78, 5) is 4.69. The lowest BCUT2D eigenvalue weighted by Gasteiger charge is -2.07. The van der Waals surface area contributed by atoms with Gasteiger partial charge in [0.25, 0.3) is 0 Å². The zero-order chi connectivity index (χ0) is 20.8. The summed E-state index contributed by atoms with van der Waals surface area (Å²) < 4.78 is 5.85. The molecular formula is C23H17Br2N5. The van der Waals surface area contributed by atoms with Crippen LogP contribution in [0.3, 0.4) is 0 Å². The van der Waals surface area contributed by atoms with E-state index in [1.807, 2.05) is 53.4 Å². The molecule has 3 heterocycles. The predicted molar refractivity (Wildman–Crippen MR) is 126 cm³/mol. The van der Waals surface area contributed by atoms with Gasteiger partial charge in [-0.25, -0.2) is 14.2 Å². The van der Waals surface area contributed by atoms with Gasteiger partial charge in [0.05, 0.1) is 17.1 Å². The van der Waals surface area contributed by atoms with Gasteiger partial charge >= 0.3 is 0 Å². The van der Waals surface area contributed by atoms with Gasteiger partial charge in [-0.05, 0) is 50.2 Å². The molecule has 148 valence electrons. The van der Waals surface area contributed by atoms with Crippen LogP contribution in [0.25, 0.3) is 34.0 Å². The number of nitrogens with zero attached hydrogens (tertiary/aromatic N) is 5. The van der Waals surface area contributed by atoms with Gasteiger partial charge in [-0.3, -0.25) is 0 Å². The molecule has 0 saturated heterocycles. The molecule has 0 aliphatic heterocycles. The van der Waals surface area contributed by atoms with Gasteiger partial charge in [0, 0.05) is 31.8 Å². The second-order valence-electron chi connectivity index (χ2n) is 7.15. The third kappa shape index (κ3) is 3.48. The molecule has 0 fully saturated rings. The minimum absolute atomic E-state index is 0.734. The molecule has 0 saturated carbocycles. The molecule has 0 aliphatic carbocycles. The van der Waals surface area contributed by atoms with Crippen molar-refractivity contribution in [1.82, 2.24) is 24.4 Å². The van der Waals surface area contributed by atoms with Crippen molar-refractivity contribution < 1.29 is 0 Å². The topological polar surface area (TPSA) is 48.0 Å². The van der Waals surface area contributed by atoms with Crippen molar-refractivity contribution in [2.75, 3.05) is 0 Å². The van der Waals surface area contributed by atoms with Crippen LogP contribution in [0.1, 0.15) is 11.4 Å². The number of aryl methyl sites for hydroxylation is 2. The highest BCUT2D eigenvalue weighted by atomic mass is 79.9. The summed E-state index contributed by atoms with van der Waals surface area (Å²) in [7, 11) is 0. The third-order valence-corrected chi connectivity index (χ3v) is 5.93. The average Bonchev–Trinajstić information content (AvgIpc) is 3.32. The molecule has 0 radical (unpaired) electrons. The molecule has 0 unspecified atom stereocenters. The summed E-state index contributed by atoms with van der Waals surface area (Å²) >= 11 is 7.01. The highest BCUT2D eigenvalue weighted by Gasteiger charge is 2.16. The zero-order valence-corrected chi connectivity index (χ0v) is 19.5. The van der Waals surface area contributed by atoms with Gasteiger partial charge in [-0.1, -0.05) is 56.1 Å². The monoisotopic (exact) mass is 521 g/mol. The van der Waals surface area contributed by atoms with Gasteiger partial charge in [0.15, 0.2) is 11.5 Å². The molecule has 5 nitrogen and oxygen atoms in total. The molecule has 5 aromatic rings. The van der Waals surface area contributed by atoms with Crippen LogP contribution in [0, 0.1) is 13.8 Å². The first kappa shape index (κ1) is 19.2. The molecule has 30 heavy (non-hydrogen) atoms. The maximum Gasteiger partial charge on any atom is 0.178 e. The van der Waals surface area contributed by atoms with E-state index in [0.29, 0.717) is 0 Å². The fourth-order valence-electron chi connectivity index (χ4n) is 3.52. The zero-order valence-electron chi connectivity index (χ0n) is 16.3. The average molecular weight is 523 g/mol. The van der Waals surface area contributed by atoms with E-state index < -0.39 is 0 Å². The van der Waals surface area contributed by atoms with E-state index in [9.17, 15) is 0 Å². The Morgan fingerprint density at radius 2 is 1.23 bits per heavy atom. The van der Waals surface area contributed by atoms with Gasteiger partial charge in [0.2, 0.25) is 0 Å². The lowest BCUT2D eigenvalue weighted by atomic mass is 10.1. The Morgan fingerprint density at radius 3 is 1.87 bits per heavy atom. The van der Waals surface area contributed by atoms with Crippen LogP contribution >= 0.6 is 31.9 Å². The maximum absolute atomic E-state index is 4.87. The number of hydrogen-bond donors (Lipinski definition) is 0. The third-order valence-electron chi connectivity index (χ3n) is 4.87. The molecule has 0 bridgehead atoms. The van der Waals surface area contributed by atoms with E-state index >= 15 is 0 Å². The molecule has 0 atom stereocenters. The minimum atomic E-state index is 0.734. The van der Waals surface area contributed by atoms with Crippen LogP contribution in [0.5, 0.6) is 0 Å². The first-order chi connectivity index (χ1) is 14.5. The molecular weight excluding hydrogens is 506 g/mol. The van der Waals surface area contributed by atoms with Crippen LogP contribution in [0.15, 0.2) is 75.7 Å². The van der Waals surface area contributed by atoms with Crippen LogP contribution in [0.4, 0.5) is 0 Å². The lowest BCUT2D eigenvalue weighted by molar-refractivity contribution is 0.809. The normalized spacial score (nSPS) is 11.3. The summed E-state index contributed by atoms with van der Waals surface area (Å²) in [6.07, 6.45) is 0. The Labute approximate surface area is 190 Å². The summed E-state index contributed by atoms with van der Waals surface area (Å²) in [5.74, 6) is 0.734. The summed E-state index contributed by atoms with van der Waals surface area (Å²) in [6, 6.07) is 22.5. The molecule has 2 aromatic carbocycles. The van der Waals surface area contributed by atoms with Crippen molar-refractivity contribution >= 4 is 37.5 Å². The first-order valence-electron chi connectivity index (χ1n) is 9.44. The Morgan fingerprint density at radius 1 is 0.667 bits per heavy atom. The largest absolute Gasteiger partial charge is 0.234 e. The van der Waals surface area contributed by atoms with Crippen molar-refractivity contribution in [1.29, 1.82) is 0 Å². The fourth-order valence-corrected chi connectivity index (χ4v) is 4.05. The Balaban J connectivity index is 1.69. The van der Waals surface area contributed by atoms with Crippen LogP contribution in [0.2, 0.25) is 0 Å². The molecule has 5 rings (SSSR count). The number of fused-ring (bicyclic) bond motifs is 1. The molecule has 0 spiro atoms. The van der Waals surface area contributed by atoms with E-state index in [1.165, 1.54) is 0 Å². The Kier molecular flexibility index (Phi) is 4.79. The maximum atomic E-state index is 4.87. The van der Waals surface area contributed by atoms with Gasteiger partial charge in [0.1, 0.15) is 0 Å². The second-order valence-corrected chi connectivity index (χ2v) is 8.98. The molecule has 0 aliphatic rings. The van der Waals surface area contributed by atoms with Gasteiger partial charge in [-0.15, -0.1) is 5.10 Å². The quantitative estimate of drug-likeness (QED) is 0.276. The lowest BCUT2D eigenvalue weighted by Crippen LogP contribution is -2.02. The van der Waals surface area contributed by atoms with Crippen LogP contribution < -0.4 is 0 Å². The standard InChI is InChI=1S/C23H17Br2N5/c1-14-11-20(16-3-7-18(24)8-4-16)29-22(26-14)13-23(28-29)30-21(12-15(2)27-30)17-5-9-19(25)10-6-17/h3-13H,1-2H3. The Bertz CT molecular complexity index is 1370. The van der Waals surface area contributed by atoms with E-state index in [4.69, 9.17) is 15.2 Å². The summed E-state index contributed by atoms with van der Waals surface area (Å²) in [5, 5.41) is 9.58. The van der Waals surface area contributed by atoms with Gasteiger partial charge < -0.3 is 0 Å². The number of hydrogen-bond acceptors (Lipinski definition) is 3. The molecule has 0 N–H and O–H groups in total. The molecule has 7 heteroatoms. The SMILES string of the molecule is Cc1cc(-c2ccc(Br)cc2)n2nc(-n3nc(C)cc3-c3ccc(Br)cc3)cc2n1. The van der Waals surface area contributed by atoms with Crippen molar-refractivity contribution in [2.45, 2.75) is 13.8 Å². The molecule has 0 amide bonds. The second kappa shape index (κ2) is 7.49. The number of rotatable bonds is 3. The minimum Gasteiger partial charge on any atom is -0.234 e. The van der Waals surface area contributed by atoms with E-state index in [1.54, 1.807) is 0 Å². The van der Waals surface area contributed by atoms with Crippen molar-refractivity contribution in [3.63, 3.8) is 0 Å². The summed E-state index contributed by atoms with van der Waals surface area (Å²) in [6.45, 7) is 3.99. The van der Waals surface area contributed by atoms with E-state index in [-0.39, 0.29) is 0 Å². The van der Waals surface area contributed by atoms with Crippen LogP contribution in [-0.2, 0) is 0 Å². The van der Waals surface area contributed by atoms with Crippen molar-refractivity contribution in [2.24, 2.45) is 0 Å². The fraction of sp³-hybridized carbons (Fsp3) is 0.0870. The number of halogens is 2. The van der Waals surface area contributed by atoms with Crippen molar-refractivity contribution in [3.05, 3.63) is 87.1 Å². The smallest absolute Gasteiger partial charge is 0.178 e.